The number of hydrogen-bond acceptors (Lipinski definition) is 6. The van der Waals surface area contributed by atoms with Gasteiger partial charge in [-0.2, -0.15) is 0 Å². The smallest absolute Gasteiger partial charge is 0.186 e. The molecule has 150 valence electrons. The molecular formula is C20H20Cl2O6. The highest BCUT2D eigenvalue weighted by molar-refractivity contribution is 6.31. The lowest BCUT2D eigenvalue weighted by atomic mass is 10.0. The highest BCUT2D eigenvalue weighted by Crippen LogP contribution is 2.38. The zero-order chi connectivity index (χ0) is 19.7. The maximum absolute atomic E-state index is 10.6. The highest BCUT2D eigenvalue weighted by Gasteiger charge is 2.45. The molecule has 2 heterocycles. The summed E-state index contributed by atoms with van der Waals surface area (Å²) in [6, 6.07) is 14.3. The van der Waals surface area contributed by atoms with E-state index in [0.717, 1.165) is 0 Å². The molecule has 2 saturated heterocycles. The van der Waals surface area contributed by atoms with Gasteiger partial charge in [0.25, 0.3) is 0 Å². The molecule has 6 nitrogen and oxygen atoms in total. The molecule has 2 aromatic carbocycles. The Labute approximate surface area is 172 Å². The van der Waals surface area contributed by atoms with Crippen LogP contribution < -0.4 is 0 Å². The van der Waals surface area contributed by atoms with Gasteiger partial charge in [0.05, 0.1) is 13.2 Å². The van der Waals surface area contributed by atoms with E-state index in [1.54, 1.807) is 36.4 Å². The lowest BCUT2D eigenvalue weighted by Gasteiger charge is -2.24. The minimum atomic E-state index is -1.22. The molecule has 0 saturated carbocycles. The van der Waals surface area contributed by atoms with Crippen LogP contribution in [0.15, 0.2) is 48.5 Å². The van der Waals surface area contributed by atoms with Crippen molar-refractivity contribution in [1.82, 2.24) is 0 Å². The third-order valence-corrected chi connectivity index (χ3v) is 5.51. The second kappa shape index (κ2) is 8.65. The van der Waals surface area contributed by atoms with Gasteiger partial charge in [0.1, 0.15) is 24.4 Å². The summed E-state index contributed by atoms with van der Waals surface area (Å²) in [4.78, 5) is 0. The molecule has 8 heteroatoms. The topological polar surface area (TPSA) is 77.4 Å². The van der Waals surface area contributed by atoms with Crippen LogP contribution in [0.3, 0.4) is 0 Å². The van der Waals surface area contributed by atoms with Gasteiger partial charge in [0.2, 0.25) is 0 Å². The molecule has 28 heavy (non-hydrogen) atoms. The van der Waals surface area contributed by atoms with Gasteiger partial charge in [-0.15, -0.1) is 0 Å². The Kier molecular flexibility index (Phi) is 6.20. The van der Waals surface area contributed by atoms with Crippen LogP contribution in [0.25, 0.3) is 0 Å². The van der Waals surface area contributed by atoms with Crippen LogP contribution in [-0.2, 0) is 18.9 Å². The van der Waals surface area contributed by atoms with Crippen molar-refractivity contribution in [3.8, 4) is 0 Å². The molecule has 4 rings (SSSR count). The largest absolute Gasteiger partial charge is 0.388 e. The third-order valence-electron chi connectivity index (χ3n) is 4.82. The van der Waals surface area contributed by atoms with Crippen molar-refractivity contribution < 1.29 is 29.2 Å². The first-order chi connectivity index (χ1) is 13.5. The molecule has 2 aliphatic heterocycles. The van der Waals surface area contributed by atoms with E-state index in [2.05, 4.69) is 0 Å². The Morgan fingerprint density at radius 2 is 1.32 bits per heavy atom. The number of aliphatic hydroxyl groups excluding tert-OH is 2. The fourth-order valence-corrected chi connectivity index (χ4v) is 3.78. The van der Waals surface area contributed by atoms with Crippen molar-refractivity contribution in [3.05, 3.63) is 69.7 Å². The Balaban J connectivity index is 1.57. The molecule has 0 spiro atoms. The molecule has 2 N–H and O–H groups in total. The van der Waals surface area contributed by atoms with E-state index in [9.17, 15) is 10.2 Å². The number of ether oxygens (including phenoxy) is 4. The Morgan fingerprint density at radius 1 is 0.750 bits per heavy atom. The predicted octanol–water partition coefficient (Wildman–Crippen LogP) is 3.24. The van der Waals surface area contributed by atoms with Crippen LogP contribution >= 0.6 is 23.2 Å². The molecule has 0 amide bonds. The van der Waals surface area contributed by atoms with Gasteiger partial charge < -0.3 is 29.2 Å². The van der Waals surface area contributed by atoms with E-state index >= 15 is 0 Å². The standard InChI is InChI=1S/C20H20Cl2O6/c21-13-7-3-1-5-11(13)19-25-9-15(23)17(24)18-16(10-26-19)27-20(28-18)12-6-2-4-8-14(12)22/h1-8,15-20,23-24H,9-10H2/t15-,16+,17-,18-,19?,20?/m1/s1. The molecule has 0 bridgehead atoms. The SMILES string of the molecule is O[C@H]1[C@@H]2OC(c3ccccc3Cl)O[C@H]2COC(c2ccccc2Cl)OC[C@H]1O. The number of hydrogen-bond donors (Lipinski definition) is 2. The van der Waals surface area contributed by atoms with Crippen LogP contribution in [0, 0.1) is 0 Å². The van der Waals surface area contributed by atoms with Gasteiger partial charge in [-0.25, -0.2) is 0 Å². The highest BCUT2D eigenvalue weighted by atomic mass is 35.5. The molecule has 2 aliphatic rings. The Bertz CT molecular complexity index is 819. The normalized spacial score (nSPS) is 33.6. The molecule has 2 fully saturated rings. The van der Waals surface area contributed by atoms with Crippen molar-refractivity contribution in [2.45, 2.75) is 37.0 Å². The van der Waals surface area contributed by atoms with Crippen molar-refractivity contribution in [3.63, 3.8) is 0 Å². The lowest BCUT2D eigenvalue weighted by Crippen LogP contribution is -2.45. The third kappa shape index (κ3) is 4.06. The van der Waals surface area contributed by atoms with Gasteiger partial charge in [0, 0.05) is 21.2 Å². The van der Waals surface area contributed by atoms with Crippen molar-refractivity contribution >= 4 is 23.2 Å². The monoisotopic (exact) mass is 426 g/mol. The van der Waals surface area contributed by atoms with Crippen LogP contribution in [-0.4, -0.2) is 47.8 Å². The number of aliphatic hydroxyl groups is 2. The van der Waals surface area contributed by atoms with Crippen molar-refractivity contribution in [2.75, 3.05) is 13.2 Å². The van der Waals surface area contributed by atoms with Gasteiger partial charge >= 0.3 is 0 Å². The van der Waals surface area contributed by atoms with E-state index in [1.807, 2.05) is 12.1 Å². The molecule has 0 aromatic heterocycles. The average Bonchev–Trinajstić information content (AvgIpc) is 3.13. The first-order valence-electron chi connectivity index (χ1n) is 8.93. The van der Waals surface area contributed by atoms with E-state index < -0.39 is 37.0 Å². The van der Waals surface area contributed by atoms with E-state index in [4.69, 9.17) is 42.1 Å². The Hall–Kier alpha value is -1.22. The fourth-order valence-electron chi connectivity index (χ4n) is 3.33. The van der Waals surface area contributed by atoms with Crippen molar-refractivity contribution in [2.24, 2.45) is 0 Å². The second-order valence-electron chi connectivity index (χ2n) is 6.71. The molecule has 6 atom stereocenters. The lowest BCUT2D eigenvalue weighted by molar-refractivity contribution is -0.182. The summed E-state index contributed by atoms with van der Waals surface area (Å²) >= 11 is 12.5. The number of benzene rings is 2. The van der Waals surface area contributed by atoms with E-state index in [0.29, 0.717) is 21.2 Å². The number of fused-ring (bicyclic) bond motifs is 1. The van der Waals surface area contributed by atoms with Crippen LogP contribution in [0.4, 0.5) is 0 Å². The first-order valence-corrected chi connectivity index (χ1v) is 9.69. The summed E-state index contributed by atoms with van der Waals surface area (Å²) < 4.78 is 23.4. The van der Waals surface area contributed by atoms with Gasteiger partial charge in [-0.05, 0) is 12.1 Å². The molecular weight excluding hydrogens is 407 g/mol. The molecule has 2 unspecified atom stereocenters. The zero-order valence-electron chi connectivity index (χ0n) is 14.8. The summed E-state index contributed by atoms with van der Waals surface area (Å²) in [5.41, 5.74) is 1.28. The number of rotatable bonds is 2. The summed E-state index contributed by atoms with van der Waals surface area (Å²) in [5.74, 6) is 0. The fraction of sp³-hybridized carbons (Fsp3) is 0.400. The van der Waals surface area contributed by atoms with Gasteiger partial charge in [0.15, 0.2) is 12.6 Å². The summed E-state index contributed by atoms with van der Waals surface area (Å²) in [6.45, 7) is -0.0777. The molecule has 0 aliphatic carbocycles. The van der Waals surface area contributed by atoms with Crippen LogP contribution in [0.1, 0.15) is 23.7 Å². The van der Waals surface area contributed by atoms with Gasteiger partial charge in [-0.1, -0.05) is 59.6 Å². The minimum absolute atomic E-state index is 0.0747. The minimum Gasteiger partial charge on any atom is -0.388 e. The van der Waals surface area contributed by atoms with Crippen LogP contribution in [0.5, 0.6) is 0 Å². The maximum Gasteiger partial charge on any atom is 0.186 e. The summed E-state index contributed by atoms with van der Waals surface area (Å²) in [6.07, 6.45) is -5.41. The quantitative estimate of drug-likeness (QED) is 0.767. The summed E-state index contributed by atoms with van der Waals surface area (Å²) in [5, 5.41) is 21.9. The van der Waals surface area contributed by atoms with Crippen molar-refractivity contribution in [1.29, 1.82) is 0 Å². The maximum atomic E-state index is 10.6. The number of halogens is 2. The Morgan fingerprint density at radius 3 is 1.96 bits per heavy atom. The zero-order valence-corrected chi connectivity index (χ0v) is 16.3. The molecule has 2 aromatic rings. The van der Waals surface area contributed by atoms with E-state index in [1.165, 1.54) is 0 Å². The van der Waals surface area contributed by atoms with Crippen LogP contribution in [0.2, 0.25) is 10.0 Å². The van der Waals surface area contributed by atoms with Gasteiger partial charge in [-0.3, -0.25) is 0 Å². The summed E-state index contributed by atoms with van der Waals surface area (Å²) in [7, 11) is 0. The average molecular weight is 427 g/mol. The second-order valence-corrected chi connectivity index (χ2v) is 7.52. The van der Waals surface area contributed by atoms with E-state index in [-0.39, 0.29) is 13.2 Å². The molecule has 0 radical (unpaired) electrons. The predicted molar refractivity (Wildman–Crippen MR) is 102 cm³/mol. The first kappa shape index (κ1) is 20.1.